The lowest BCUT2D eigenvalue weighted by Gasteiger charge is -1.73. The van der Waals surface area contributed by atoms with Crippen molar-refractivity contribution in [2.75, 3.05) is 5.75 Å². The quantitative estimate of drug-likeness (QED) is 0.420. The molecule has 0 saturated heterocycles. The van der Waals surface area contributed by atoms with Crippen LogP contribution in [-0.4, -0.2) is 19.1 Å². The molecule has 0 aliphatic heterocycles. The van der Waals surface area contributed by atoms with Gasteiger partial charge in [-0.15, -0.1) is 6.58 Å². The van der Waals surface area contributed by atoms with E-state index in [2.05, 4.69) is 30.4 Å². The summed E-state index contributed by atoms with van der Waals surface area (Å²) in [4.78, 5) is 0. The molecule has 0 aromatic carbocycles. The molecule has 0 aromatic heterocycles. The van der Waals surface area contributed by atoms with Crippen LogP contribution in [0.15, 0.2) is 12.7 Å². The van der Waals surface area contributed by atoms with Crippen molar-refractivity contribution in [1.29, 1.82) is 0 Å². The van der Waals surface area contributed by atoms with Crippen LogP contribution in [0.3, 0.4) is 0 Å². The predicted octanol–water partition coefficient (Wildman–Crippen LogP) is 0.781. The van der Waals surface area contributed by atoms with Gasteiger partial charge in [-0.25, -0.2) is 0 Å². The van der Waals surface area contributed by atoms with Crippen molar-refractivity contribution in [3.63, 3.8) is 0 Å². The van der Waals surface area contributed by atoms with Gasteiger partial charge in [0, 0.05) is 16.9 Å². The molecule has 0 spiro atoms. The Morgan fingerprint density at radius 3 is 1.89 bits per heavy atom. The van der Waals surface area contributed by atoms with Gasteiger partial charge in [-0.05, 0) is 0 Å². The summed E-state index contributed by atoms with van der Waals surface area (Å²) < 4.78 is 24.0. The average molecular weight is 188 g/mol. The fourth-order valence-electron chi connectivity index (χ4n) is 0. The van der Waals surface area contributed by atoms with Gasteiger partial charge in [0.2, 0.25) is 0 Å². The normalized spacial score (nSPS) is 9.22. The highest BCUT2D eigenvalue weighted by molar-refractivity contribution is 8.26. The number of thiol groups is 1. The summed E-state index contributed by atoms with van der Waals surface area (Å²) in [7, 11) is -3.83. The first-order chi connectivity index (χ1) is 3.91. The molecule has 0 rings (SSSR count). The van der Waals surface area contributed by atoms with Crippen LogP contribution in [0, 0.1) is 0 Å². The Morgan fingerprint density at radius 1 is 1.78 bits per heavy atom. The first-order valence-corrected chi connectivity index (χ1v) is 4.86. The molecule has 0 atom stereocenters. The van der Waals surface area contributed by atoms with Crippen molar-refractivity contribution in [2.24, 2.45) is 0 Å². The summed E-state index contributed by atoms with van der Waals surface area (Å²) in [6.45, 7) is 3.40. The van der Waals surface area contributed by atoms with E-state index in [1.54, 1.807) is 6.08 Å². The maximum Gasteiger partial charge on any atom is 0.263 e. The minimum atomic E-state index is -3.83. The zero-order chi connectivity index (χ0) is 7.91. The van der Waals surface area contributed by atoms with E-state index in [4.69, 9.17) is 13.3 Å². The summed E-state index contributed by atoms with van der Waals surface area (Å²) >= 11 is 7.27. The van der Waals surface area contributed by atoms with Gasteiger partial charge in [0.15, 0.2) is 0 Å². The zero-order valence-corrected chi connectivity index (χ0v) is 7.09. The molecule has 0 fully saturated rings. The molecule has 0 bridgehead atoms. The zero-order valence-electron chi connectivity index (χ0n) is 4.56. The fraction of sp³-hybridized carbons (Fsp3) is 0.333. The van der Waals surface area contributed by atoms with Crippen molar-refractivity contribution < 1.29 is 13.3 Å². The summed E-state index contributed by atoms with van der Waals surface area (Å²) in [5.41, 5.74) is 0. The maximum atomic E-state index is 9.11. The van der Waals surface area contributed by atoms with E-state index in [1.807, 2.05) is 0 Å². The number of rotatable bonds is 1. The molecular formula is C3H8O3S3. The highest BCUT2D eigenvalue weighted by atomic mass is 32.9. The molecule has 56 valence electrons. The van der Waals surface area contributed by atoms with E-state index in [0.717, 1.165) is 5.75 Å². The lowest BCUT2D eigenvalue weighted by Crippen LogP contribution is -1.86. The molecule has 0 aliphatic rings. The number of hydrogen-bond acceptors (Lipinski definition) is 3. The Morgan fingerprint density at radius 2 is 1.89 bits per heavy atom. The standard InChI is InChI=1S/C3H6S.H2O3S2/c1-2-3-4;1-5(2,3)4/h2,4H,1,3H2;(H2,1,2,3,4). The van der Waals surface area contributed by atoms with Gasteiger partial charge in [-0.3, -0.25) is 9.11 Å². The van der Waals surface area contributed by atoms with Crippen LogP contribution in [0.4, 0.5) is 0 Å². The molecule has 0 amide bonds. The molecule has 0 heterocycles. The Labute approximate surface area is 64.9 Å². The highest BCUT2D eigenvalue weighted by Gasteiger charge is 1.78. The van der Waals surface area contributed by atoms with Crippen molar-refractivity contribution >= 4 is 32.9 Å². The lowest BCUT2D eigenvalue weighted by atomic mass is 10.8. The Hall–Kier alpha value is 0.380. The van der Waals surface area contributed by atoms with Gasteiger partial charge >= 0.3 is 0 Å². The largest absolute Gasteiger partial charge is 0.285 e. The van der Waals surface area contributed by atoms with Crippen molar-refractivity contribution in [3.8, 4) is 0 Å². The summed E-state index contributed by atoms with van der Waals surface area (Å²) in [5.74, 6) is 0.778. The van der Waals surface area contributed by atoms with Crippen LogP contribution in [-0.2, 0) is 20.2 Å². The van der Waals surface area contributed by atoms with Crippen LogP contribution in [0.2, 0.25) is 0 Å². The molecule has 2 N–H and O–H groups in total. The van der Waals surface area contributed by atoms with Gasteiger partial charge in [0.1, 0.15) is 0 Å². The lowest BCUT2D eigenvalue weighted by molar-refractivity contribution is 0.450. The minimum absolute atomic E-state index is 0.778. The maximum absolute atomic E-state index is 9.11. The first kappa shape index (κ1) is 12.1. The van der Waals surface area contributed by atoms with E-state index in [1.165, 1.54) is 0 Å². The summed E-state index contributed by atoms with van der Waals surface area (Å²) in [5, 5.41) is 0. The Bertz CT molecular complexity index is 140. The predicted molar refractivity (Wildman–Crippen MR) is 44.8 cm³/mol. The fourth-order valence-corrected chi connectivity index (χ4v) is 0. The second-order valence-corrected chi connectivity index (χ2v) is 3.48. The van der Waals surface area contributed by atoms with Crippen molar-refractivity contribution in [1.82, 2.24) is 0 Å². The van der Waals surface area contributed by atoms with E-state index in [0.29, 0.717) is 0 Å². The van der Waals surface area contributed by atoms with Gasteiger partial charge in [-0.2, -0.15) is 16.8 Å². The van der Waals surface area contributed by atoms with Gasteiger partial charge in [-0.1, -0.05) is 6.08 Å². The molecule has 9 heavy (non-hydrogen) atoms. The third-order valence-corrected chi connectivity index (χ3v) is 0.387. The van der Waals surface area contributed by atoms with Gasteiger partial charge < -0.3 is 0 Å². The molecule has 0 saturated carbocycles. The third-order valence-electron chi connectivity index (χ3n) is 0.129. The molecular weight excluding hydrogens is 180 g/mol. The smallest absolute Gasteiger partial charge is 0.263 e. The minimum Gasteiger partial charge on any atom is -0.285 e. The van der Waals surface area contributed by atoms with Crippen LogP contribution in [0.5, 0.6) is 0 Å². The molecule has 0 radical (unpaired) electrons. The van der Waals surface area contributed by atoms with E-state index >= 15 is 0 Å². The van der Waals surface area contributed by atoms with Crippen molar-refractivity contribution in [3.05, 3.63) is 12.7 Å². The third kappa shape index (κ3) is 179. The Kier molecular flexibility index (Phi) is 8.73. The van der Waals surface area contributed by atoms with Crippen LogP contribution < -0.4 is 0 Å². The topological polar surface area (TPSA) is 57.5 Å². The SMILES string of the molecule is C=CCS.O=S(O)(O)=S. The molecule has 0 aromatic rings. The second kappa shape index (κ2) is 6.50. The average Bonchev–Trinajstić information content (AvgIpc) is 1.61. The summed E-state index contributed by atoms with van der Waals surface area (Å²) in [6.07, 6.45) is 1.74. The van der Waals surface area contributed by atoms with Gasteiger partial charge in [0.25, 0.3) is 9.05 Å². The first-order valence-electron chi connectivity index (χ1n) is 1.83. The van der Waals surface area contributed by atoms with Crippen LogP contribution >= 0.6 is 12.6 Å². The molecule has 6 heteroatoms. The Balaban J connectivity index is 0. The van der Waals surface area contributed by atoms with E-state index in [-0.39, 0.29) is 0 Å². The number of hydrogen-bond donors (Lipinski definition) is 3. The van der Waals surface area contributed by atoms with Crippen LogP contribution in [0.25, 0.3) is 0 Å². The van der Waals surface area contributed by atoms with E-state index < -0.39 is 9.05 Å². The van der Waals surface area contributed by atoms with E-state index in [9.17, 15) is 0 Å². The summed E-state index contributed by atoms with van der Waals surface area (Å²) in [6, 6.07) is 0. The monoisotopic (exact) mass is 188 g/mol. The van der Waals surface area contributed by atoms with Crippen LogP contribution in [0.1, 0.15) is 0 Å². The van der Waals surface area contributed by atoms with Crippen molar-refractivity contribution in [2.45, 2.75) is 0 Å². The highest BCUT2D eigenvalue weighted by Crippen LogP contribution is 1.65. The molecule has 3 nitrogen and oxygen atoms in total. The molecule has 0 aliphatic carbocycles. The second-order valence-electron chi connectivity index (χ2n) is 0.919. The molecule has 0 unspecified atom stereocenters. The van der Waals surface area contributed by atoms with Gasteiger partial charge in [0.05, 0.1) is 0 Å².